The molecule has 1 aromatic rings. The number of hydrogen-bond acceptors (Lipinski definition) is 4. The molecule has 1 saturated heterocycles. The van der Waals surface area contributed by atoms with Crippen molar-refractivity contribution in [2.75, 3.05) is 17.2 Å². The Labute approximate surface area is 125 Å². The van der Waals surface area contributed by atoms with Gasteiger partial charge in [-0.25, -0.2) is 8.42 Å². The van der Waals surface area contributed by atoms with Crippen molar-refractivity contribution in [2.24, 2.45) is 5.92 Å². The number of benzene rings is 1. The van der Waals surface area contributed by atoms with E-state index < -0.39 is 21.7 Å². The van der Waals surface area contributed by atoms with Crippen LogP contribution in [0.15, 0.2) is 29.2 Å². The molecule has 6 heteroatoms. The van der Waals surface area contributed by atoms with E-state index in [4.69, 9.17) is 0 Å². The van der Waals surface area contributed by atoms with Crippen molar-refractivity contribution in [3.05, 3.63) is 24.3 Å². The highest BCUT2D eigenvalue weighted by molar-refractivity contribution is 7.91. The monoisotopic (exact) mass is 311 g/mol. The third kappa shape index (κ3) is 3.05. The third-order valence-corrected chi connectivity index (χ3v) is 6.02. The van der Waals surface area contributed by atoms with E-state index in [0.29, 0.717) is 30.0 Å². The molecule has 1 N–H and O–H groups in total. The number of rotatable bonds is 5. The van der Waals surface area contributed by atoms with Crippen LogP contribution in [0.3, 0.4) is 0 Å². The minimum Gasteiger partial charge on any atom is -0.481 e. The van der Waals surface area contributed by atoms with Gasteiger partial charge in [0.1, 0.15) is 0 Å². The predicted molar refractivity (Wildman–Crippen MR) is 81.3 cm³/mol. The van der Waals surface area contributed by atoms with E-state index in [9.17, 15) is 18.3 Å². The van der Waals surface area contributed by atoms with Gasteiger partial charge in [0, 0.05) is 12.6 Å². The predicted octanol–water partition coefficient (Wildman–Crippen LogP) is 2.17. The van der Waals surface area contributed by atoms with Gasteiger partial charge in [-0.1, -0.05) is 19.1 Å². The zero-order valence-corrected chi connectivity index (χ0v) is 13.1. The van der Waals surface area contributed by atoms with Gasteiger partial charge in [-0.05, 0) is 31.9 Å². The number of aliphatic carboxylic acids is 1. The van der Waals surface area contributed by atoms with Crippen molar-refractivity contribution in [3.8, 4) is 0 Å². The Morgan fingerprint density at radius 1 is 1.38 bits per heavy atom. The average molecular weight is 311 g/mol. The Morgan fingerprint density at radius 3 is 2.62 bits per heavy atom. The second kappa shape index (κ2) is 6.05. The van der Waals surface area contributed by atoms with E-state index in [0.717, 1.165) is 0 Å². The van der Waals surface area contributed by atoms with Crippen LogP contribution in [0, 0.1) is 5.92 Å². The molecule has 116 valence electrons. The van der Waals surface area contributed by atoms with E-state index in [1.807, 2.05) is 18.7 Å². The van der Waals surface area contributed by atoms with E-state index >= 15 is 0 Å². The van der Waals surface area contributed by atoms with E-state index in [2.05, 4.69) is 0 Å². The molecule has 2 unspecified atom stereocenters. The molecular weight excluding hydrogens is 290 g/mol. The Balaban J connectivity index is 2.40. The smallest absolute Gasteiger partial charge is 0.308 e. The van der Waals surface area contributed by atoms with Gasteiger partial charge in [0.25, 0.3) is 0 Å². The van der Waals surface area contributed by atoms with Crippen LogP contribution in [0.2, 0.25) is 0 Å². The van der Waals surface area contributed by atoms with Crippen LogP contribution >= 0.6 is 0 Å². The molecule has 0 bridgehead atoms. The summed E-state index contributed by atoms with van der Waals surface area (Å²) in [5.74, 6) is -1.17. The number of para-hydroxylation sites is 1. The lowest BCUT2D eigenvalue weighted by Crippen LogP contribution is -2.33. The Bertz CT molecular complexity index is 626. The molecule has 0 aliphatic carbocycles. The van der Waals surface area contributed by atoms with Crippen LogP contribution in [0.25, 0.3) is 0 Å². The quantitative estimate of drug-likeness (QED) is 0.902. The summed E-state index contributed by atoms with van der Waals surface area (Å²) in [5.41, 5.74) is 0.627. The topological polar surface area (TPSA) is 74.7 Å². The molecule has 2 atom stereocenters. The van der Waals surface area contributed by atoms with Gasteiger partial charge < -0.3 is 10.0 Å². The molecule has 1 aromatic carbocycles. The van der Waals surface area contributed by atoms with Gasteiger partial charge in [0.15, 0.2) is 9.84 Å². The minimum atomic E-state index is -3.33. The number of carboxylic acid groups (broad SMARTS) is 1. The number of nitrogens with zero attached hydrogens (tertiary/aromatic N) is 1. The zero-order valence-electron chi connectivity index (χ0n) is 12.3. The van der Waals surface area contributed by atoms with Crippen LogP contribution in [0.1, 0.15) is 26.7 Å². The van der Waals surface area contributed by atoms with Crippen LogP contribution in [-0.2, 0) is 14.6 Å². The van der Waals surface area contributed by atoms with Crippen molar-refractivity contribution in [3.63, 3.8) is 0 Å². The Kier molecular flexibility index (Phi) is 4.56. The highest BCUT2D eigenvalue weighted by atomic mass is 32.2. The van der Waals surface area contributed by atoms with Crippen LogP contribution in [0.5, 0.6) is 0 Å². The second-order valence-electron chi connectivity index (χ2n) is 5.45. The van der Waals surface area contributed by atoms with E-state index in [1.165, 1.54) is 0 Å². The van der Waals surface area contributed by atoms with Gasteiger partial charge in [-0.15, -0.1) is 0 Å². The Morgan fingerprint density at radius 2 is 2.05 bits per heavy atom. The first kappa shape index (κ1) is 15.8. The molecule has 0 aromatic heterocycles. The molecule has 2 rings (SSSR count). The number of anilines is 1. The zero-order chi connectivity index (χ0) is 15.6. The van der Waals surface area contributed by atoms with Crippen molar-refractivity contribution in [2.45, 2.75) is 37.6 Å². The molecule has 5 nitrogen and oxygen atoms in total. The summed E-state index contributed by atoms with van der Waals surface area (Å²) in [6.07, 6.45) is 1.10. The summed E-state index contributed by atoms with van der Waals surface area (Å²) in [5, 5.41) is 9.22. The Hall–Kier alpha value is -1.56. The molecule has 0 spiro atoms. The van der Waals surface area contributed by atoms with Gasteiger partial charge in [-0.3, -0.25) is 4.79 Å². The maximum absolute atomic E-state index is 12.4. The minimum absolute atomic E-state index is 0.106. The molecule has 21 heavy (non-hydrogen) atoms. The molecule has 0 amide bonds. The first-order valence-corrected chi connectivity index (χ1v) is 8.85. The first-order chi connectivity index (χ1) is 9.88. The summed E-state index contributed by atoms with van der Waals surface area (Å²) in [4.78, 5) is 13.4. The van der Waals surface area contributed by atoms with E-state index in [1.54, 1.807) is 24.3 Å². The lowest BCUT2D eigenvalue weighted by atomic mass is 10.0. The number of sulfone groups is 1. The molecule has 1 heterocycles. The summed E-state index contributed by atoms with van der Waals surface area (Å²) in [7, 11) is -3.33. The lowest BCUT2D eigenvalue weighted by molar-refractivity contribution is -0.141. The average Bonchev–Trinajstić information content (AvgIpc) is 2.80. The van der Waals surface area contributed by atoms with Crippen molar-refractivity contribution in [1.29, 1.82) is 0 Å². The van der Waals surface area contributed by atoms with Crippen LogP contribution in [0.4, 0.5) is 5.69 Å². The van der Waals surface area contributed by atoms with Gasteiger partial charge >= 0.3 is 5.97 Å². The van der Waals surface area contributed by atoms with Crippen molar-refractivity contribution >= 4 is 21.5 Å². The van der Waals surface area contributed by atoms with Crippen molar-refractivity contribution in [1.82, 2.24) is 0 Å². The maximum Gasteiger partial charge on any atom is 0.308 e. The van der Waals surface area contributed by atoms with Gasteiger partial charge in [0.2, 0.25) is 0 Å². The fourth-order valence-electron chi connectivity index (χ4n) is 2.95. The number of hydrogen-bond donors (Lipinski definition) is 1. The first-order valence-electron chi connectivity index (χ1n) is 7.19. The fraction of sp³-hybridized carbons (Fsp3) is 0.533. The fourth-order valence-corrected chi connectivity index (χ4v) is 4.49. The van der Waals surface area contributed by atoms with Crippen LogP contribution in [-0.4, -0.2) is 37.8 Å². The highest BCUT2D eigenvalue weighted by Crippen LogP contribution is 2.34. The molecule has 1 fully saturated rings. The SMILES string of the molecule is CCCS(=O)(=O)c1ccccc1N1CCC(C(=O)O)C1C. The molecule has 1 aliphatic rings. The summed E-state index contributed by atoms with van der Waals surface area (Å²) in [6.45, 7) is 4.24. The summed E-state index contributed by atoms with van der Waals surface area (Å²) in [6, 6.07) is 6.67. The number of carbonyl (C=O) groups is 1. The molecule has 0 saturated carbocycles. The second-order valence-corrected chi connectivity index (χ2v) is 7.53. The number of carboxylic acids is 1. The van der Waals surface area contributed by atoms with E-state index in [-0.39, 0.29) is 11.8 Å². The molecule has 1 aliphatic heterocycles. The van der Waals surface area contributed by atoms with Gasteiger partial charge in [-0.2, -0.15) is 0 Å². The maximum atomic E-state index is 12.4. The molecule has 0 radical (unpaired) electrons. The highest BCUT2D eigenvalue weighted by Gasteiger charge is 2.37. The molecular formula is C15H21NO4S. The summed E-state index contributed by atoms with van der Waals surface area (Å²) < 4.78 is 24.8. The van der Waals surface area contributed by atoms with Gasteiger partial charge in [0.05, 0.1) is 22.3 Å². The van der Waals surface area contributed by atoms with Crippen molar-refractivity contribution < 1.29 is 18.3 Å². The largest absolute Gasteiger partial charge is 0.481 e. The lowest BCUT2D eigenvalue weighted by Gasteiger charge is -2.27. The van der Waals surface area contributed by atoms with Crippen LogP contribution < -0.4 is 4.90 Å². The summed E-state index contributed by atoms with van der Waals surface area (Å²) >= 11 is 0. The standard InChI is InChI=1S/C15H21NO4S/c1-3-10-21(19,20)14-7-5-4-6-13(14)16-9-8-12(11(16)2)15(17)18/h4-7,11-12H,3,8-10H2,1-2H3,(H,17,18). The third-order valence-electron chi connectivity index (χ3n) is 4.05. The normalized spacial score (nSPS) is 22.5.